The summed E-state index contributed by atoms with van der Waals surface area (Å²) in [5.41, 5.74) is 0.222. The van der Waals surface area contributed by atoms with Crippen molar-refractivity contribution in [2.45, 2.75) is 4.90 Å². The van der Waals surface area contributed by atoms with Crippen LogP contribution in [0.1, 0.15) is 20.7 Å². The van der Waals surface area contributed by atoms with Crippen molar-refractivity contribution in [1.82, 2.24) is 9.97 Å². The first-order chi connectivity index (χ1) is 14.4. The van der Waals surface area contributed by atoms with Gasteiger partial charge >= 0.3 is 88.7 Å². The van der Waals surface area contributed by atoms with E-state index in [9.17, 15) is 25.1 Å². The van der Waals surface area contributed by atoms with Crippen LogP contribution in [0.4, 0.5) is 23.0 Å². The molecule has 0 saturated heterocycles. The topological polar surface area (TPSA) is 172 Å². The summed E-state index contributed by atoms with van der Waals surface area (Å²) >= 11 is 0.764. The minimum absolute atomic E-state index is 0. The number of aromatic carboxylic acids is 2. The van der Waals surface area contributed by atoms with Gasteiger partial charge in [-0.1, -0.05) is 0 Å². The van der Waals surface area contributed by atoms with Gasteiger partial charge in [0.2, 0.25) is 0 Å². The van der Waals surface area contributed by atoms with Gasteiger partial charge in [-0.3, -0.25) is 5.04 Å². The molecule has 3 aromatic rings. The quantitative estimate of drug-likeness (QED) is 0.124. The number of aromatic nitrogens is 2. The largest absolute Gasteiger partial charge is 1.00 e. The van der Waals surface area contributed by atoms with Gasteiger partial charge in [-0.05, 0) is 53.6 Å². The maximum Gasteiger partial charge on any atom is 1.00 e. The van der Waals surface area contributed by atoms with E-state index < -0.39 is 11.9 Å². The Morgan fingerprint density at radius 3 is 1.70 bits per heavy atom. The van der Waals surface area contributed by atoms with E-state index in [1.165, 1.54) is 24.5 Å². The van der Waals surface area contributed by atoms with Gasteiger partial charge in [0.05, 0.1) is 36.4 Å². The van der Waals surface area contributed by atoms with Crippen molar-refractivity contribution in [3.63, 3.8) is 0 Å². The fourth-order valence-electron chi connectivity index (χ4n) is 2.34. The Bertz CT molecular complexity index is 1030. The monoisotopic (exact) mass is 496 g/mol. The maximum absolute atomic E-state index is 11.1. The van der Waals surface area contributed by atoms with Gasteiger partial charge in [0.1, 0.15) is 11.6 Å². The Labute approximate surface area is 258 Å². The van der Waals surface area contributed by atoms with E-state index in [0.717, 1.165) is 18.1 Å². The molecule has 0 aliphatic heterocycles. The van der Waals surface area contributed by atoms with E-state index in [4.69, 9.17) is 0 Å². The zero-order valence-electron chi connectivity index (χ0n) is 17.9. The van der Waals surface area contributed by atoms with Gasteiger partial charge in [-0.15, -0.1) is 0 Å². The second-order valence-electron chi connectivity index (χ2n) is 5.65. The predicted octanol–water partition coefficient (Wildman–Crippen LogP) is -9.07. The molecule has 11 nitrogen and oxygen atoms in total. The SMILES string of the molecule is O=C([O-])c1cc(Nc2cnc(Nc3ccc(SOO[O-])cc3)cn2)cc(C(=O)[O-])c1.[Na+].[Na+].[Na+]. The molecule has 2 N–H and O–H groups in total. The first-order valence-corrected chi connectivity index (χ1v) is 8.86. The summed E-state index contributed by atoms with van der Waals surface area (Å²) in [4.78, 5) is 31.1. The van der Waals surface area contributed by atoms with Crippen molar-refractivity contribution >= 4 is 47.0 Å². The van der Waals surface area contributed by atoms with Crippen molar-refractivity contribution in [1.29, 1.82) is 0 Å². The number of hydrogen-bond donors (Lipinski definition) is 2. The van der Waals surface area contributed by atoms with Crippen LogP contribution in [0.15, 0.2) is 59.8 Å². The van der Waals surface area contributed by atoms with Crippen LogP contribution in [0.25, 0.3) is 0 Å². The summed E-state index contributed by atoms with van der Waals surface area (Å²) in [6, 6.07) is 10.2. The molecule has 0 aliphatic rings. The summed E-state index contributed by atoms with van der Waals surface area (Å²) in [6.07, 6.45) is 2.79. The minimum atomic E-state index is -1.52. The molecule has 0 radical (unpaired) electrons. The van der Waals surface area contributed by atoms with Crippen molar-refractivity contribution in [2.75, 3.05) is 10.6 Å². The average Bonchev–Trinajstić information content (AvgIpc) is 2.74. The van der Waals surface area contributed by atoms with Crippen molar-refractivity contribution < 1.29 is 123 Å². The first kappa shape index (κ1) is 32.3. The third-order valence-corrected chi connectivity index (χ3v) is 4.20. The molecule has 0 bridgehead atoms. The Hall–Kier alpha value is -0.710. The van der Waals surface area contributed by atoms with Crippen LogP contribution in [-0.4, -0.2) is 21.9 Å². The zero-order valence-corrected chi connectivity index (χ0v) is 24.7. The third-order valence-electron chi connectivity index (χ3n) is 3.61. The summed E-state index contributed by atoms with van der Waals surface area (Å²) in [6.45, 7) is 0. The second kappa shape index (κ2) is 16.1. The van der Waals surface area contributed by atoms with E-state index in [1.807, 2.05) is 0 Å². The van der Waals surface area contributed by atoms with Gasteiger partial charge in [-0.25, -0.2) is 9.97 Å². The van der Waals surface area contributed by atoms with E-state index in [0.29, 0.717) is 16.4 Å². The van der Waals surface area contributed by atoms with Crippen LogP contribution >= 0.6 is 12.0 Å². The molecular formula is C18H11N4Na3O7S. The fourth-order valence-corrected chi connectivity index (χ4v) is 2.69. The number of carboxylic acid groups (broad SMARTS) is 2. The van der Waals surface area contributed by atoms with Crippen LogP contribution in [0.2, 0.25) is 0 Å². The molecular weight excluding hydrogens is 485 g/mol. The Morgan fingerprint density at radius 2 is 1.27 bits per heavy atom. The average molecular weight is 496 g/mol. The molecule has 0 atom stereocenters. The molecule has 1 heterocycles. The molecule has 33 heavy (non-hydrogen) atoms. The summed E-state index contributed by atoms with van der Waals surface area (Å²) in [5.74, 6) is -2.38. The second-order valence-corrected chi connectivity index (χ2v) is 6.43. The molecule has 0 aliphatic carbocycles. The summed E-state index contributed by atoms with van der Waals surface area (Å²) < 4.78 is 4.22. The van der Waals surface area contributed by atoms with E-state index in [2.05, 4.69) is 30.0 Å². The molecule has 15 heteroatoms. The Balaban J connectivity index is 0.00000341. The van der Waals surface area contributed by atoms with Crippen LogP contribution in [0.5, 0.6) is 0 Å². The number of nitrogens with one attached hydrogen (secondary N) is 2. The van der Waals surface area contributed by atoms with Crippen LogP contribution in [0, 0.1) is 0 Å². The molecule has 0 saturated carbocycles. The number of carbonyl (C=O) groups excluding carboxylic acids is 2. The predicted molar refractivity (Wildman–Crippen MR) is 98.2 cm³/mol. The smallest absolute Gasteiger partial charge is 0.691 e. The molecule has 0 fully saturated rings. The third kappa shape index (κ3) is 10.2. The maximum atomic E-state index is 11.1. The van der Waals surface area contributed by atoms with Crippen LogP contribution in [0.3, 0.4) is 0 Å². The number of hydrogen-bond acceptors (Lipinski definition) is 12. The van der Waals surface area contributed by atoms with Crippen LogP contribution in [-0.2, 0) is 9.37 Å². The molecule has 2 aromatic carbocycles. The number of carbonyl (C=O) groups is 2. The zero-order chi connectivity index (χ0) is 21.5. The van der Waals surface area contributed by atoms with E-state index in [1.54, 1.807) is 24.3 Å². The summed E-state index contributed by atoms with van der Waals surface area (Å²) in [7, 11) is 0. The van der Waals surface area contributed by atoms with Gasteiger partial charge in [0.25, 0.3) is 0 Å². The van der Waals surface area contributed by atoms with Crippen molar-refractivity contribution in [3.05, 3.63) is 66.0 Å². The van der Waals surface area contributed by atoms with Crippen molar-refractivity contribution in [2.24, 2.45) is 0 Å². The number of carboxylic acids is 2. The number of rotatable bonds is 9. The van der Waals surface area contributed by atoms with Crippen LogP contribution < -0.4 is 115 Å². The number of benzene rings is 2. The molecule has 154 valence electrons. The Morgan fingerprint density at radius 1 is 0.788 bits per heavy atom. The van der Waals surface area contributed by atoms with Gasteiger partial charge < -0.3 is 35.7 Å². The minimum Gasteiger partial charge on any atom is -0.691 e. The summed E-state index contributed by atoms with van der Waals surface area (Å²) in [5, 5.41) is 41.0. The molecule has 0 spiro atoms. The van der Waals surface area contributed by atoms with E-state index >= 15 is 0 Å². The Kier molecular flexibility index (Phi) is 15.7. The molecule has 0 amide bonds. The standard InChI is InChI=1S/C18H14N4O7S.3Na/c23-17(24)10-5-11(18(25)26)7-13(6-10)22-16-9-19-15(8-20-16)21-12-1-3-14(4-2-12)30-29-28-27;;;/h1-9,27H,(H,19,21)(H,20,22)(H,23,24)(H,25,26);;;/q;3*+1/p-3. The normalized spacial score (nSPS) is 9.48. The molecule has 0 unspecified atom stereocenters. The van der Waals surface area contributed by atoms with Gasteiger partial charge in [0.15, 0.2) is 0 Å². The first-order valence-electron chi connectivity index (χ1n) is 8.12. The van der Waals surface area contributed by atoms with Crippen molar-refractivity contribution in [3.8, 4) is 0 Å². The van der Waals surface area contributed by atoms with Gasteiger partial charge in [-0.2, -0.15) is 4.33 Å². The number of nitrogens with zero attached hydrogens (tertiary/aromatic N) is 2. The van der Waals surface area contributed by atoms with E-state index in [-0.39, 0.29) is 111 Å². The number of anilines is 4. The van der Waals surface area contributed by atoms with Gasteiger partial charge in [0, 0.05) is 16.3 Å². The molecule has 1 aromatic heterocycles. The molecule has 3 rings (SSSR count). The fraction of sp³-hybridized carbons (Fsp3) is 0.